The van der Waals surface area contributed by atoms with Gasteiger partial charge in [-0.25, -0.2) is 4.98 Å². The molecule has 1 atom stereocenters. The molecule has 6 heteroatoms. The number of aliphatic hydroxyl groups excluding tert-OH is 1. The molecule has 25 heavy (non-hydrogen) atoms. The fourth-order valence-corrected chi connectivity index (χ4v) is 3.85. The zero-order valence-electron chi connectivity index (χ0n) is 14.1. The molecule has 0 fully saturated rings. The van der Waals surface area contributed by atoms with Crippen LogP contribution in [-0.4, -0.2) is 41.3 Å². The SMILES string of the molecule is CN(Cc1nc2ccccc2s1)CC(O)COCc1ccccc1Cl. The number of thiazole rings is 1. The fraction of sp³-hybridized carbons (Fsp3) is 0.316. The largest absolute Gasteiger partial charge is 0.389 e. The first-order valence-corrected chi connectivity index (χ1v) is 9.33. The van der Waals surface area contributed by atoms with Crippen molar-refractivity contribution < 1.29 is 9.84 Å². The standard InChI is InChI=1S/C19H21ClN2O2S/c1-22(11-19-21-17-8-4-5-9-18(17)25-19)10-15(23)13-24-12-14-6-2-3-7-16(14)20/h2-9,15,23H,10-13H2,1H3. The fourth-order valence-electron chi connectivity index (χ4n) is 2.62. The monoisotopic (exact) mass is 376 g/mol. The van der Waals surface area contributed by atoms with Gasteiger partial charge in [-0.2, -0.15) is 0 Å². The lowest BCUT2D eigenvalue weighted by Gasteiger charge is -2.19. The number of likely N-dealkylation sites (N-methyl/N-ethyl adjacent to an activating group) is 1. The number of aliphatic hydroxyl groups is 1. The van der Waals surface area contributed by atoms with Crippen molar-refractivity contribution in [2.75, 3.05) is 20.2 Å². The number of hydrogen-bond acceptors (Lipinski definition) is 5. The van der Waals surface area contributed by atoms with Gasteiger partial charge in [-0.15, -0.1) is 11.3 Å². The number of para-hydroxylation sites is 1. The molecule has 4 nitrogen and oxygen atoms in total. The highest BCUT2D eigenvalue weighted by molar-refractivity contribution is 7.18. The van der Waals surface area contributed by atoms with Crippen LogP contribution in [0, 0.1) is 0 Å². The van der Waals surface area contributed by atoms with Crippen LogP contribution < -0.4 is 0 Å². The first kappa shape index (κ1) is 18.3. The van der Waals surface area contributed by atoms with Gasteiger partial charge in [0.05, 0.1) is 36.1 Å². The average molecular weight is 377 g/mol. The minimum Gasteiger partial charge on any atom is -0.389 e. The maximum Gasteiger partial charge on any atom is 0.108 e. The molecular weight excluding hydrogens is 356 g/mol. The Labute approximate surface area is 156 Å². The zero-order valence-corrected chi connectivity index (χ0v) is 15.6. The summed E-state index contributed by atoms with van der Waals surface area (Å²) in [5, 5.41) is 11.9. The van der Waals surface area contributed by atoms with Crippen molar-refractivity contribution in [3.05, 3.63) is 64.1 Å². The van der Waals surface area contributed by atoms with Crippen molar-refractivity contribution in [1.29, 1.82) is 0 Å². The predicted molar refractivity (Wildman–Crippen MR) is 103 cm³/mol. The Morgan fingerprint density at radius 2 is 1.96 bits per heavy atom. The smallest absolute Gasteiger partial charge is 0.108 e. The van der Waals surface area contributed by atoms with E-state index in [1.54, 1.807) is 11.3 Å². The van der Waals surface area contributed by atoms with E-state index in [2.05, 4.69) is 16.0 Å². The van der Waals surface area contributed by atoms with Crippen LogP contribution in [0.5, 0.6) is 0 Å². The van der Waals surface area contributed by atoms with Crippen LogP contribution >= 0.6 is 22.9 Å². The number of halogens is 1. The molecule has 2 aromatic carbocycles. The Bertz CT molecular complexity index is 791. The maximum atomic E-state index is 10.2. The molecule has 0 amide bonds. The van der Waals surface area contributed by atoms with Gasteiger partial charge in [0, 0.05) is 11.6 Å². The number of hydrogen-bond donors (Lipinski definition) is 1. The predicted octanol–water partition coefficient (Wildman–Crippen LogP) is 3.96. The van der Waals surface area contributed by atoms with Crippen molar-refractivity contribution in [3.63, 3.8) is 0 Å². The lowest BCUT2D eigenvalue weighted by molar-refractivity contribution is 0.0127. The molecule has 0 aliphatic heterocycles. The number of fused-ring (bicyclic) bond motifs is 1. The van der Waals surface area contributed by atoms with Crippen LogP contribution in [0.1, 0.15) is 10.6 Å². The van der Waals surface area contributed by atoms with Gasteiger partial charge in [0.1, 0.15) is 5.01 Å². The van der Waals surface area contributed by atoms with E-state index in [4.69, 9.17) is 16.3 Å². The van der Waals surface area contributed by atoms with E-state index >= 15 is 0 Å². The van der Waals surface area contributed by atoms with Crippen molar-refractivity contribution >= 4 is 33.2 Å². The quantitative estimate of drug-likeness (QED) is 0.646. The lowest BCUT2D eigenvalue weighted by Crippen LogP contribution is -2.31. The zero-order chi connectivity index (χ0) is 17.6. The first-order valence-electron chi connectivity index (χ1n) is 8.14. The second-order valence-corrected chi connectivity index (χ2v) is 7.55. The second-order valence-electron chi connectivity index (χ2n) is 6.03. The normalized spacial score (nSPS) is 12.8. The highest BCUT2D eigenvalue weighted by atomic mass is 35.5. The van der Waals surface area contributed by atoms with Gasteiger partial charge in [0.25, 0.3) is 0 Å². The molecule has 132 valence electrons. The summed E-state index contributed by atoms with van der Waals surface area (Å²) in [5.41, 5.74) is 1.96. The van der Waals surface area contributed by atoms with Crippen LogP contribution in [0.3, 0.4) is 0 Å². The molecule has 0 bridgehead atoms. The first-order chi connectivity index (χ1) is 12.1. The molecule has 0 spiro atoms. The molecule has 3 rings (SSSR count). The van der Waals surface area contributed by atoms with E-state index in [-0.39, 0.29) is 6.61 Å². The van der Waals surface area contributed by atoms with E-state index in [1.165, 1.54) is 4.70 Å². The summed E-state index contributed by atoms with van der Waals surface area (Å²) in [6, 6.07) is 15.7. The Morgan fingerprint density at radius 3 is 2.76 bits per heavy atom. The average Bonchev–Trinajstić information content (AvgIpc) is 2.98. The maximum absolute atomic E-state index is 10.2. The molecule has 0 saturated carbocycles. The van der Waals surface area contributed by atoms with Crippen LogP contribution in [0.4, 0.5) is 0 Å². The van der Waals surface area contributed by atoms with Gasteiger partial charge in [-0.05, 0) is 30.8 Å². The van der Waals surface area contributed by atoms with Gasteiger partial charge < -0.3 is 9.84 Å². The van der Waals surface area contributed by atoms with E-state index in [0.29, 0.717) is 24.7 Å². The number of ether oxygens (including phenoxy) is 1. The minimum atomic E-state index is -0.554. The summed E-state index contributed by atoms with van der Waals surface area (Å²) in [7, 11) is 1.98. The summed E-state index contributed by atoms with van der Waals surface area (Å²) in [6.45, 7) is 1.91. The molecule has 0 aliphatic rings. The summed E-state index contributed by atoms with van der Waals surface area (Å²) in [4.78, 5) is 6.68. The van der Waals surface area contributed by atoms with Crippen LogP contribution in [0.2, 0.25) is 5.02 Å². The van der Waals surface area contributed by atoms with E-state index in [1.807, 2.05) is 49.5 Å². The van der Waals surface area contributed by atoms with Crippen molar-refractivity contribution in [2.45, 2.75) is 19.3 Å². The molecule has 0 saturated heterocycles. The molecule has 3 aromatic rings. The Morgan fingerprint density at radius 1 is 1.20 bits per heavy atom. The van der Waals surface area contributed by atoms with Gasteiger partial charge >= 0.3 is 0 Å². The van der Waals surface area contributed by atoms with Crippen LogP contribution in [0.25, 0.3) is 10.2 Å². The number of benzene rings is 2. The summed E-state index contributed by atoms with van der Waals surface area (Å²) >= 11 is 7.78. The van der Waals surface area contributed by atoms with Crippen molar-refractivity contribution in [3.8, 4) is 0 Å². The second kappa shape index (κ2) is 8.74. The van der Waals surface area contributed by atoms with E-state index in [0.717, 1.165) is 16.1 Å². The van der Waals surface area contributed by atoms with Gasteiger partial charge in [-0.3, -0.25) is 4.90 Å². The highest BCUT2D eigenvalue weighted by Gasteiger charge is 2.12. The summed E-state index contributed by atoms with van der Waals surface area (Å²) in [6.07, 6.45) is -0.554. The molecule has 1 heterocycles. The van der Waals surface area contributed by atoms with Crippen LogP contribution in [0.15, 0.2) is 48.5 Å². The van der Waals surface area contributed by atoms with Crippen LogP contribution in [-0.2, 0) is 17.9 Å². The van der Waals surface area contributed by atoms with Crippen molar-refractivity contribution in [2.24, 2.45) is 0 Å². The van der Waals surface area contributed by atoms with Gasteiger partial charge in [0.15, 0.2) is 0 Å². The lowest BCUT2D eigenvalue weighted by atomic mass is 10.2. The Kier molecular flexibility index (Phi) is 6.39. The van der Waals surface area contributed by atoms with E-state index < -0.39 is 6.10 Å². The van der Waals surface area contributed by atoms with Gasteiger partial charge in [-0.1, -0.05) is 41.9 Å². The third-order valence-corrected chi connectivity index (χ3v) is 5.18. The molecule has 1 N–H and O–H groups in total. The topological polar surface area (TPSA) is 45.6 Å². The highest BCUT2D eigenvalue weighted by Crippen LogP contribution is 2.22. The van der Waals surface area contributed by atoms with Crippen molar-refractivity contribution in [1.82, 2.24) is 9.88 Å². The Hall–Kier alpha value is -1.50. The summed E-state index contributed by atoms with van der Waals surface area (Å²) < 4.78 is 6.78. The molecule has 1 unspecified atom stereocenters. The summed E-state index contributed by atoms with van der Waals surface area (Å²) in [5.74, 6) is 0. The molecule has 0 radical (unpaired) electrons. The number of aromatic nitrogens is 1. The van der Waals surface area contributed by atoms with E-state index in [9.17, 15) is 5.11 Å². The molecule has 1 aromatic heterocycles. The Balaban J connectivity index is 1.44. The molecular formula is C19H21ClN2O2S. The number of nitrogens with zero attached hydrogens (tertiary/aromatic N) is 2. The number of rotatable bonds is 8. The van der Waals surface area contributed by atoms with Gasteiger partial charge in [0.2, 0.25) is 0 Å². The molecule has 0 aliphatic carbocycles. The minimum absolute atomic E-state index is 0.273. The third kappa shape index (κ3) is 5.23. The third-order valence-electron chi connectivity index (χ3n) is 3.79.